The Labute approximate surface area is 220 Å². The van der Waals surface area contributed by atoms with Crippen LogP contribution in [-0.2, 0) is 16.0 Å². The van der Waals surface area contributed by atoms with Gasteiger partial charge >= 0.3 is 0 Å². The van der Waals surface area contributed by atoms with Crippen LogP contribution in [0.5, 0.6) is 0 Å². The molecule has 3 heterocycles. The molecule has 1 aromatic heterocycles. The summed E-state index contributed by atoms with van der Waals surface area (Å²) in [5.41, 5.74) is 3.93. The summed E-state index contributed by atoms with van der Waals surface area (Å²) in [5, 5.41) is 2.19. The van der Waals surface area contributed by atoms with Crippen molar-refractivity contribution in [3.63, 3.8) is 0 Å². The molecule has 0 unspecified atom stereocenters. The molecule has 0 radical (unpaired) electrons. The van der Waals surface area contributed by atoms with Crippen LogP contribution in [0.15, 0.2) is 35.7 Å². The molecule has 5 rings (SSSR count). The predicted molar refractivity (Wildman–Crippen MR) is 146 cm³/mol. The van der Waals surface area contributed by atoms with E-state index in [2.05, 4.69) is 54.5 Å². The van der Waals surface area contributed by atoms with Crippen molar-refractivity contribution in [1.82, 2.24) is 14.7 Å². The Balaban J connectivity index is 1.25. The largest absolute Gasteiger partial charge is 0.341 e. The normalized spacial score (nSPS) is 22.3. The average Bonchev–Trinajstić information content (AvgIpc) is 3.53. The first-order valence-corrected chi connectivity index (χ1v) is 14.8. The highest BCUT2D eigenvalue weighted by molar-refractivity contribution is 7.10. The van der Waals surface area contributed by atoms with Gasteiger partial charge in [0.1, 0.15) is 0 Å². The zero-order valence-corrected chi connectivity index (χ0v) is 22.8. The smallest absolute Gasteiger partial charge is 0.239 e. The molecule has 2 aromatic rings. The van der Waals surface area contributed by atoms with Crippen molar-refractivity contribution in [2.75, 3.05) is 32.7 Å². The van der Waals surface area contributed by atoms with Crippen LogP contribution in [0.4, 0.5) is 0 Å². The van der Waals surface area contributed by atoms with Crippen LogP contribution in [0.1, 0.15) is 79.5 Å². The monoisotopic (exact) mass is 507 g/mol. The molecule has 2 fully saturated rings. The third kappa shape index (κ3) is 5.40. The van der Waals surface area contributed by atoms with E-state index in [9.17, 15) is 9.59 Å². The maximum Gasteiger partial charge on any atom is 0.239 e. The molecular weight excluding hydrogens is 466 g/mol. The molecule has 2 aliphatic heterocycles. The molecule has 3 aliphatic rings. The molecule has 2 atom stereocenters. The molecule has 5 nitrogen and oxygen atoms in total. The van der Waals surface area contributed by atoms with Crippen LogP contribution in [0, 0.1) is 12.8 Å². The molecule has 194 valence electrons. The van der Waals surface area contributed by atoms with Gasteiger partial charge in [-0.05, 0) is 67.2 Å². The van der Waals surface area contributed by atoms with Crippen LogP contribution >= 0.6 is 11.3 Å². The first-order chi connectivity index (χ1) is 17.5. The van der Waals surface area contributed by atoms with Crippen LogP contribution in [0.3, 0.4) is 0 Å². The van der Waals surface area contributed by atoms with Crippen LogP contribution in [0.2, 0.25) is 0 Å². The van der Waals surface area contributed by atoms with Crippen LogP contribution in [0.25, 0.3) is 0 Å². The van der Waals surface area contributed by atoms with Crippen molar-refractivity contribution in [2.45, 2.75) is 77.3 Å². The molecule has 0 bridgehead atoms. The third-order valence-electron chi connectivity index (χ3n) is 8.74. The van der Waals surface area contributed by atoms with E-state index >= 15 is 0 Å². The van der Waals surface area contributed by atoms with Gasteiger partial charge in [-0.1, -0.05) is 49.9 Å². The fourth-order valence-electron chi connectivity index (χ4n) is 6.57. The molecule has 1 aromatic carbocycles. The summed E-state index contributed by atoms with van der Waals surface area (Å²) < 4.78 is 0. The quantitative estimate of drug-likeness (QED) is 0.524. The third-order valence-corrected chi connectivity index (χ3v) is 9.74. The Bertz CT molecular complexity index is 1060. The van der Waals surface area contributed by atoms with Crippen molar-refractivity contribution in [1.29, 1.82) is 0 Å². The fourth-order valence-corrected chi connectivity index (χ4v) is 7.47. The second kappa shape index (κ2) is 11.5. The second-order valence-corrected chi connectivity index (χ2v) is 12.0. The van der Waals surface area contributed by atoms with Crippen molar-refractivity contribution < 1.29 is 9.59 Å². The zero-order chi connectivity index (χ0) is 25.1. The van der Waals surface area contributed by atoms with Crippen LogP contribution < -0.4 is 0 Å². The SMILES string of the molecule is Cc1ccccc1[C@@H]1c2ccsc2CCN1[C@H](C)C(=O)N1CCCN(C(=O)CCC2CCCC2)CC1. The summed E-state index contributed by atoms with van der Waals surface area (Å²) in [6, 6.07) is 10.8. The van der Waals surface area contributed by atoms with Crippen molar-refractivity contribution in [2.24, 2.45) is 5.92 Å². The van der Waals surface area contributed by atoms with E-state index < -0.39 is 0 Å². The minimum atomic E-state index is -0.202. The molecule has 0 N–H and O–H groups in total. The molecule has 6 heteroatoms. The fraction of sp³-hybridized carbons (Fsp3) is 0.600. The van der Waals surface area contributed by atoms with E-state index in [0.717, 1.165) is 44.8 Å². The Hall–Kier alpha value is -2.18. The molecule has 2 amide bonds. The van der Waals surface area contributed by atoms with Crippen molar-refractivity contribution in [3.8, 4) is 0 Å². The molecule has 0 spiro atoms. The summed E-state index contributed by atoms with van der Waals surface area (Å²) >= 11 is 1.84. The molecule has 1 saturated carbocycles. The number of fused-ring (bicyclic) bond motifs is 1. The first-order valence-electron chi connectivity index (χ1n) is 14.0. The highest BCUT2D eigenvalue weighted by atomic mass is 32.1. The number of aryl methyl sites for hydroxylation is 1. The van der Waals surface area contributed by atoms with Gasteiger partial charge in [-0.3, -0.25) is 14.5 Å². The van der Waals surface area contributed by atoms with Crippen molar-refractivity contribution >= 4 is 23.2 Å². The number of thiophene rings is 1. The van der Waals surface area contributed by atoms with Gasteiger partial charge in [-0.2, -0.15) is 0 Å². The number of carbonyl (C=O) groups excluding carboxylic acids is 2. The topological polar surface area (TPSA) is 43.9 Å². The van der Waals surface area contributed by atoms with Crippen LogP contribution in [-0.4, -0.2) is 65.3 Å². The average molecular weight is 508 g/mol. The van der Waals surface area contributed by atoms with E-state index in [-0.39, 0.29) is 23.9 Å². The Kier molecular flexibility index (Phi) is 8.12. The summed E-state index contributed by atoms with van der Waals surface area (Å²) in [6.07, 6.45) is 8.81. The Morgan fingerprint density at radius 3 is 2.50 bits per heavy atom. The minimum Gasteiger partial charge on any atom is -0.341 e. The van der Waals surface area contributed by atoms with E-state index in [0.29, 0.717) is 19.5 Å². The number of carbonyl (C=O) groups is 2. The maximum atomic E-state index is 13.8. The molecular formula is C30H41N3O2S. The Morgan fingerprint density at radius 2 is 1.69 bits per heavy atom. The summed E-state index contributed by atoms with van der Waals surface area (Å²) in [7, 11) is 0. The van der Waals surface area contributed by atoms with E-state index in [1.54, 1.807) is 0 Å². The lowest BCUT2D eigenvalue weighted by Gasteiger charge is -2.41. The number of amides is 2. The van der Waals surface area contributed by atoms with Gasteiger partial charge in [0.2, 0.25) is 11.8 Å². The highest BCUT2D eigenvalue weighted by Crippen LogP contribution is 2.40. The Morgan fingerprint density at radius 1 is 0.944 bits per heavy atom. The van der Waals surface area contributed by atoms with E-state index in [4.69, 9.17) is 0 Å². The lowest BCUT2D eigenvalue weighted by Crippen LogP contribution is -2.51. The predicted octanol–water partition coefficient (Wildman–Crippen LogP) is 5.42. The summed E-state index contributed by atoms with van der Waals surface area (Å²) in [5.74, 6) is 1.23. The maximum absolute atomic E-state index is 13.8. The van der Waals surface area contributed by atoms with Gasteiger partial charge in [0.05, 0.1) is 12.1 Å². The number of hydrogen-bond acceptors (Lipinski definition) is 4. The van der Waals surface area contributed by atoms with Gasteiger partial charge in [-0.15, -0.1) is 11.3 Å². The standard InChI is InChI=1S/C30H41N3O2S/c1-22-8-3-6-11-25(22)29-26-15-21-36-27(26)14-18-33(29)23(2)30(35)32-17-7-16-31(19-20-32)28(34)13-12-24-9-4-5-10-24/h3,6,8,11,15,21,23-24,29H,4-5,7,9-10,12-14,16-20H2,1-2H3/t23-,29-/m1/s1. The highest BCUT2D eigenvalue weighted by Gasteiger charge is 2.37. The van der Waals surface area contributed by atoms with Gasteiger partial charge in [0.25, 0.3) is 0 Å². The number of rotatable bonds is 6. The van der Waals surface area contributed by atoms with Gasteiger partial charge < -0.3 is 9.80 Å². The van der Waals surface area contributed by atoms with Gasteiger partial charge in [0.15, 0.2) is 0 Å². The first kappa shape index (κ1) is 25.5. The molecule has 1 aliphatic carbocycles. The van der Waals surface area contributed by atoms with E-state index in [1.807, 2.05) is 21.1 Å². The number of nitrogens with zero attached hydrogens (tertiary/aromatic N) is 3. The summed E-state index contributed by atoms with van der Waals surface area (Å²) in [6.45, 7) is 7.97. The zero-order valence-electron chi connectivity index (χ0n) is 22.0. The summed E-state index contributed by atoms with van der Waals surface area (Å²) in [4.78, 5) is 34.6. The molecule has 1 saturated heterocycles. The van der Waals surface area contributed by atoms with Crippen molar-refractivity contribution in [3.05, 3.63) is 57.3 Å². The number of hydrogen-bond donors (Lipinski definition) is 0. The second-order valence-electron chi connectivity index (χ2n) is 11.0. The van der Waals surface area contributed by atoms with E-state index in [1.165, 1.54) is 47.3 Å². The lowest BCUT2D eigenvalue weighted by molar-refractivity contribution is -0.138. The lowest BCUT2D eigenvalue weighted by atomic mass is 9.89. The van der Waals surface area contributed by atoms with Gasteiger partial charge in [-0.25, -0.2) is 0 Å². The minimum absolute atomic E-state index is 0.112. The molecule has 36 heavy (non-hydrogen) atoms. The van der Waals surface area contributed by atoms with Gasteiger partial charge in [0, 0.05) is 44.0 Å². The number of benzene rings is 1.